The highest BCUT2D eigenvalue weighted by Crippen LogP contribution is 2.65. The molecule has 5 nitrogen and oxygen atoms in total. The molecule has 1 heterocycles. The van der Waals surface area contributed by atoms with Gasteiger partial charge in [-0.2, -0.15) is 0 Å². The van der Waals surface area contributed by atoms with Gasteiger partial charge < -0.3 is 15.0 Å². The van der Waals surface area contributed by atoms with Crippen molar-refractivity contribution in [1.82, 2.24) is 4.90 Å². The summed E-state index contributed by atoms with van der Waals surface area (Å²) in [6, 6.07) is 7.38. The number of piperidine rings is 1. The van der Waals surface area contributed by atoms with Crippen molar-refractivity contribution in [2.45, 2.75) is 65.7 Å². The van der Waals surface area contributed by atoms with E-state index in [4.69, 9.17) is 4.74 Å². The van der Waals surface area contributed by atoms with Gasteiger partial charge in [-0.15, -0.1) is 0 Å². The monoisotopic (exact) mass is 450 g/mol. The summed E-state index contributed by atoms with van der Waals surface area (Å²) in [5.74, 6) is 1.58. The molecule has 1 aromatic carbocycles. The minimum Gasteiger partial charge on any atom is -0.495 e. The lowest BCUT2D eigenvalue weighted by Gasteiger charge is -2.59. The Bertz CT molecular complexity index is 1020. The molecule has 0 radical (unpaired) electrons. The summed E-state index contributed by atoms with van der Waals surface area (Å²) in [6.07, 6.45) is 8.21. The van der Waals surface area contributed by atoms with Crippen molar-refractivity contribution in [2.24, 2.45) is 34.5 Å². The molecule has 2 amide bonds. The van der Waals surface area contributed by atoms with Gasteiger partial charge in [0, 0.05) is 18.2 Å². The van der Waals surface area contributed by atoms with Crippen LogP contribution in [0, 0.1) is 34.5 Å². The maximum absolute atomic E-state index is 13.5. The largest absolute Gasteiger partial charge is 0.495 e. The van der Waals surface area contributed by atoms with Crippen LogP contribution in [0.25, 0.3) is 0 Å². The summed E-state index contributed by atoms with van der Waals surface area (Å²) in [6.45, 7) is 7.08. The van der Waals surface area contributed by atoms with Crippen LogP contribution in [0.15, 0.2) is 35.5 Å². The van der Waals surface area contributed by atoms with Gasteiger partial charge in [-0.05, 0) is 80.8 Å². The fourth-order valence-electron chi connectivity index (χ4n) is 8.41. The molecular formula is C28H38N2O3. The Kier molecular flexibility index (Phi) is 5.37. The zero-order chi connectivity index (χ0) is 23.5. The number of ether oxygens (including phenoxy) is 1. The fourth-order valence-corrected chi connectivity index (χ4v) is 8.41. The molecule has 0 spiro atoms. The number of fused-ring (bicyclic) bond motifs is 5. The molecule has 2 saturated carbocycles. The van der Waals surface area contributed by atoms with E-state index in [2.05, 4.69) is 26.1 Å². The molecule has 5 heteroatoms. The zero-order valence-corrected chi connectivity index (χ0v) is 20.7. The van der Waals surface area contributed by atoms with E-state index in [1.54, 1.807) is 7.11 Å². The van der Waals surface area contributed by atoms with Gasteiger partial charge in [0.2, 0.25) is 11.8 Å². The molecule has 5 rings (SSSR count). The molecule has 1 aromatic rings. The Morgan fingerprint density at radius 1 is 1.15 bits per heavy atom. The predicted octanol–water partition coefficient (Wildman–Crippen LogP) is 5.63. The molecule has 3 aliphatic carbocycles. The molecule has 1 aliphatic heterocycles. The third-order valence-electron chi connectivity index (χ3n) is 9.80. The second-order valence-electron chi connectivity index (χ2n) is 11.6. The Hall–Kier alpha value is -2.30. The third-order valence-corrected chi connectivity index (χ3v) is 9.80. The van der Waals surface area contributed by atoms with E-state index in [-0.39, 0.29) is 17.2 Å². The van der Waals surface area contributed by atoms with Gasteiger partial charge in [-0.3, -0.25) is 9.59 Å². The summed E-state index contributed by atoms with van der Waals surface area (Å²) in [4.78, 5) is 28.7. The van der Waals surface area contributed by atoms with Crippen molar-refractivity contribution in [1.29, 1.82) is 0 Å². The van der Waals surface area contributed by atoms with Gasteiger partial charge in [0.15, 0.2) is 0 Å². The van der Waals surface area contributed by atoms with Crippen molar-refractivity contribution in [3.63, 3.8) is 0 Å². The minimum atomic E-state index is -0.683. The van der Waals surface area contributed by atoms with E-state index in [9.17, 15) is 9.59 Å². The van der Waals surface area contributed by atoms with E-state index in [1.807, 2.05) is 36.2 Å². The summed E-state index contributed by atoms with van der Waals surface area (Å²) < 4.78 is 5.40. The normalized spacial score (nSPS) is 37.8. The summed E-state index contributed by atoms with van der Waals surface area (Å²) >= 11 is 0. The van der Waals surface area contributed by atoms with Crippen LogP contribution in [-0.2, 0) is 9.59 Å². The Labute approximate surface area is 197 Å². The second kappa shape index (κ2) is 7.89. The zero-order valence-electron chi connectivity index (χ0n) is 20.7. The second-order valence-corrected chi connectivity index (χ2v) is 11.6. The standard InChI is InChI=1S/C28H38N2O3/c1-17-15-18-20-9-8-13-27(20,2)14-12-21(18)28(3)16-19(26(32)30(4)24(17)28)25(31)29-22-10-6-7-11-23(22)33-5/h6-7,10-11,18-21H,8-9,12-16H2,1-5H3,(H,29,31)/t18-,19?,20-,21+,27-,28+/m0/s1. The van der Waals surface area contributed by atoms with Crippen LogP contribution in [-0.4, -0.2) is 30.9 Å². The number of methoxy groups -OCH3 is 1. The highest BCUT2D eigenvalue weighted by Gasteiger charge is 2.60. The number of anilines is 1. The van der Waals surface area contributed by atoms with Gasteiger partial charge in [0.1, 0.15) is 11.7 Å². The van der Waals surface area contributed by atoms with Crippen molar-refractivity contribution < 1.29 is 14.3 Å². The molecule has 1 saturated heterocycles. The molecule has 1 N–H and O–H groups in total. The topological polar surface area (TPSA) is 58.6 Å². The number of amides is 2. The van der Waals surface area contributed by atoms with E-state index < -0.39 is 5.92 Å². The van der Waals surface area contributed by atoms with Gasteiger partial charge in [0.05, 0.1) is 12.8 Å². The number of allylic oxidation sites excluding steroid dienone is 2. The first-order valence-electron chi connectivity index (χ1n) is 12.6. The molecule has 0 aromatic heterocycles. The molecule has 33 heavy (non-hydrogen) atoms. The first-order chi connectivity index (χ1) is 15.7. The Morgan fingerprint density at radius 2 is 1.91 bits per heavy atom. The summed E-state index contributed by atoms with van der Waals surface area (Å²) in [7, 11) is 3.47. The molecule has 6 atom stereocenters. The SMILES string of the molecule is COc1ccccc1NC(=O)C1C[C@@]2(C)C(=C(C)C[C@@H]3[C@H]2CC[C@]2(C)CCC[C@@H]32)N(C)C1=O. The smallest absolute Gasteiger partial charge is 0.239 e. The quantitative estimate of drug-likeness (QED) is 0.607. The lowest BCUT2D eigenvalue weighted by molar-refractivity contribution is -0.147. The molecule has 178 valence electrons. The first kappa shape index (κ1) is 22.5. The van der Waals surface area contributed by atoms with E-state index in [1.165, 1.54) is 43.4 Å². The molecule has 3 fully saturated rings. The highest BCUT2D eigenvalue weighted by molar-refractivity contribution is 6.08. The van der Waals surface area contributed by atoms with Crippen molar-refractivity contribution in [3.05, 3.63) is 35.5 Å². The molecule has 1 unspecified atom stereocenters. The van der Waals surface area contributed by atoms with Crippen LogP contribution in [0.3, 0.4) is 0 Å². The maximum atomic E-state index is 13.5. The molecule has 0 bridgehead atoms. The lowest BCUT2D eigenvalue weighted by Crippen LogP contribution is -2.57. The average molecular weight is 451 g/mol. The minimum absolute atomic E-state index is 0.0887. The van der Waals surface area contributed by atoms with Crippen LogP contribution < -0.4 is 10.1 Å². The van der Waals surface area contributed by atoms with Gasteiger partial charge in [0.25, 0.3) is 0 Å². The average Bonchev–Trinajstić information content (AvgIpc) is 3.18. The van der Waals surface area contributed by atoms with Crippen molar-refractivity contribution in [3.8, 4) is 5.75 Å². The Morgan fingerprint density at radius 3 is 2.67 bits per heavy atom. The van der Waals surface area contributed by atoms with Gasteiger partial charge in [-0.1, -0.05) is 38.0 Å². The fraction of sp³-hybridized carbons (Fsp3) is 0.643. The van der Waals surface area contributed by atoms with E-state index >= 15 is 0 Å². The summed E-state index contributed by atoms with van der Waals surface area (Å²) in [5, 5.41) is 2.99. The summed E-state index contributed by atoms with van der Waals surface area (Å²) in [5.41, 5.74) is 3.49. The number of likely N-dealkylation sites (tertiary alicyclic amines) is 1. The lowest BCUT2D eigenvalue weighted by atomic mass is 9.48. The number of nitrogens with one attached hydrogen (secondary N) is 1. The van der Waals surface area contributed by atoms with Gasteiger partial charge in [-0.25, -0.2) is 0 Å². The number of nitrogens with zero attached hydrogens (tertiary/aromatic N) is 1. The van der Waals surface area contributed by atoms with Crippen molar-refractivity contribution in [2.75, 3.05) is 19.5 Å². The number of carbonyl (C=O) groups excluding carboxylic acids is 2. The third kappa shape index (κ3) is 3.33. The first-order valence-corrected chi connectivity index (χ1v) is 12.6. The predicted molar refractivity (Wildman–Crippen MR) is 130 cm³/mol. The maximum Gasteiger partial charge on any atom is 0.239 e. The van der Waals surface area contributed by atoms with Crippen LogP contribution in [0.4, 0.5) is 5.69 Å². The van der Waals surface area contributed by atoms with Crippen LogP contribution in [0.2, 0.25) is 0 Å². The number of hydrogen-bond donors (Lipinski definition) is 1. The number of rotatable bonds is 3. The highest BCUT2D eigenvalue weighted by atomic mass is 16.5. The molecule has 4 aliphatic rings. The van der Waals surface area contributed by atoms with Crippen LogP contribution >= 0.6 is 0 Å². The molecular weight excluding hydrogens is 412 g/mol. The van der Waals surface area contributed by atoms with E-state index in [0.717, 1.165) is 12.3 Å². The van der Waals surface area contributed by atoms with E-state index in [0.29, 0.717) is 35.1 Å². The van der Waals surface area contributed by atoms with Crippen LogP contribution in [0.5, 0.6) is 5.75 Å². The number of benzene rings is 1. The van der Waals surface area contributed by atoms with Crippen molar-refractivity contribution >= 4 is 17.5 Å². The number of para-hydroxylation sites is 2. The Balaban J connectivity index is 1.48. The number of carbonyl (C=O) groups is 2. The number of hydrogen-bond acceptors (Lipinski definition) is 3. The van der Waals surface area contributed by atoms with Crippen LogP contribution in [0.1, 0.15) is 65.7 Å². The van der Waals surface area contributed by atoms with Gasteiger partial charge >= 0.3 is 0 Å².